The number of rotatable bonds is 23. The highest BCUT2D eigenvalue weighted by atomic mass is 16.4. The van der Waals surface area contributed by atoms with Gasteiger partial charge in [0.25, 0.3) is 0 Å². The quantitative estimate of drug-likeness (QED) is 0.0308. The van der Waals surface area contributed by atoms with Crippen LogP contribution in [-0.2, 0) is 35.2 Å². The summed E-state index contributed by atoms with van der Waals surface area (Å²) >= 11 is 0. The zero-order valence-electron chi connectivity index (χ0n) is 31.7. The van der Waals surface area contributed by atoms with Crippen LogP contribution in [0.25, 0.3) is 0 Å². The van der Waals surface area contributed by atoms with E-state index in [1.54, 1.807) is 13.8 Å². The summed E-state index contributed by atoms with van der Waals surface area (Å²) in [6.07, 6.45) is 2.55. The first-order chi connectivity index (χ1) is 26.0. The van der Waals surface area contributed by atoms with Crippen molar-refractivity contribution in [2.45, 2.75) is 108 Å². The van der Waals surface area contributed by atoms with E-state index in [-0.39, 0.29) is 62.3 Å². The number of nitrogens with zero attached hydrogens (tertiary/aromatic N) is 2. The number of carboxylic acids is 1. The van der Waals surface area contributed by atoms with Gasteiger partial charge in [-0.3, -0.25) is 34.0 Å². The van der Waals surface area contributed by atoms with Crippen LogP contribution in [0.5, 0.6) is 5.75 Å². The number of phenolic OH excluding ortho intramolecular Hbond substituents is 1. The molecule has 0 spiro atoms. The van der Waals surface area contributed by atoms with Gasteiger partial charge in [0, 0.05) is 19.5 Å². The Kier molecular flexibility index (Phi) is 19.2. The van der Waals surface area contributed by atoms with Gasteiger partial charge in [0.1, 0.15) is 36.0 Å². The number of nitrogens with one attached hydrogen (secondary N) is 6. The molecule has 16 N–H and O–H groups in total. The Hall–Kier alpha value is -5.66. The van der Waals surface area contributed by atoms with Gasteiger partial charge < -0.3 is 65.0 Å². The predicted molar refractivity (Wildman–Crippen MR) is 205 cm³/mol. The van der Waals surface area contributed by atoms with E-state index in [4.69, 9.17) is 22.9 Å². The Morgan fingerprint density at radius 1 is 0.782 bits per heavy atom. The molecule has 0 aliphatic carbocycles. The lowest BCUT2D eigenvalue weighted by molar-refractivity contribution is -0.142. The molecule has 55 heavy (non-hydrogen) atoms. The minimum absolute atomic E-state index is 0.00284. The average Bonchev–Trinajstić information content (AvgIpc) is 3.68. The molecule has 0 aromatic heterocycles. The Labute approximate surface area is 320 Å². The van der Waals surface area contributed by atoms with Crippen LogP contribution in [0.4, 0.5) is 0 Å². The first-order valence-electron chi connectivity index (χ1n) is 18.4. The van der Waals surface area contributed by atoms with Crippen molar-refractivity contribution in [2.24, 2.45) is 38.8 Å². The molecule has 5 amide bonds. The third-order valence-corrected chi connectivity index (χ3v) is 9.07. The van der Waals surface area contributed by atoms with Crippen LogP contribution in [0, 0.1) is 5.92 Å². The standard InChI is InChI=1S/C35H58N12O8/c1-4-19(2)27(32(53)46-26(33(54)55)18-21-11-13-22(48)14-12-21)47-31(52)25(10-7-17-42-35(38)39)44-28(49)20(3)43-30(51)24(9-6-16-41-34(36)37)45-29(50)23-8-5-15-40-23/h11-14,19-20,23-27,40,48H,4-10,15-18H2,1-3H3,(H,43,51)(H,44,49)(H,45,50)(H,46,53)(H,47,52)(H,54,55)(H4,36,37,41)(H4,38,39,42)/t19-,20-,23-,24-,25-,26-,27-/m0/s1. The van der Waals surface area contributed by atoms with E-state index < -0.39 is 71.8 Å². The molecular weight excluding hydrogens is 716 g/mol. The number of amides is 5. The number of carboxylic acid groups (broad SMARTS) is 1. The number of carbonyl (C=O) groups is 6. The second-order valence-corrected chi connectivity index (χ2v) is 13.5. The molecule has 1 fully saturated rings. The maximum atomic E-state index is 13.8. The molecule has 20 nitrogen and oxygen atoms in total. The van der Waals surface area contributed by atoms with Gasteiger partial charge in [-0.15, -0.1) is 0 Å². The summed E-state index contributed by atoms with van der Waals surface area (Å²) in [4.78, 5) is 87.0. The highest BCUT2D eigenvalue weighted by molar-refractivity contribution is 5.96. The molecule has 1 heterocycles. The molecule has 20 heteroatoms. The smallest absolute Gasteiger partial charge is 0.326 e. The Morgan fingerprint density at radius 2 is 1.33 bits per heavy atom. The number of aliphatic carboxylic acids is 1. The highest BCUT2D eigenvalue weighted by Gasteiger charge is 2.34. The van der Waals surface area contributed by atoms with Crippen LogP contribution >= 0.6 is 0 Å². The number of benzene rings is 1. The molecule has 0 radical (unpaired) electrons. The normalized spacial score (nSPS) is 16.8. The number of carbonyl (C=O) groups excluding carboxylic acids is 5. The van der Waals surface area contributed by atoms with Crippen molar-refractivity contribution in [1.82, 2.24) is 31.9 Å². The van der Waals surface area contributed by atoms with Crippen LogP contribution in [0.2, 0.25) is 0 Å². The van der Waals surface area contributed by atoms with Crippen LogP contribution in [0.3, 0.4) is 0 Å². The first kappa shape index (κ1) is 45.5. The number of guanidine groups is 2. The van der Waals surface area contributed by atoms with Gasteiger partial charge in [-0.1, -0.05) is 32.4 Å². The van der Waals surface area contributed by atoms with E-state index in [2.05, 4.69) is 41.9 Å². The number of hydrogen-bond acceptors (Lipinski definition) is 10. The van der Waals surface area contributed by atoms with E-state index >= 15 is 0 Å². The van der Waals surface area contributed by atoms with Crippen LogP contribution in [0.15, 0.2) is 34.3 Å². The van der Waals surface area contributed by atoms with E-state index in [9.17, 15) is 39.0 Å². The molecule has 0 unspecified atom stereocenters. The van der Waals surface area contributed by atoms with Gasteiger partial charge in [-0.2, -0.15) is 0 Å². The van der Waals surface area contributed by atoms with Crippen LogP contribution in [-0.4, -0.2) is 114 Å². The fourth-order valence-electron chi connectivity index (χ4n) is 5.69. The number of aliphatic imine (C=N–C) groups is 2. The second kappa shape index (κ2) is 23.2. The third-order valence-electron chi connectivity index (χ3n) is 9.07. The van der Waals surface area contributed by atoms with Crippen molar-refractivity contribution in [1.29, 1.82) is 0 Å². The third kappa shape index (κ3) is 16.5. The number of hydrogen-bond donors (Lipinski definition) is 12. The minimum Gasteiger partial charge on any atom is -0.508 e. The maximum absolute atomic E-state index is 13.8. The second-order valence-electron chi connectivity index (χ2n) is 13.5. The molecule has 1 aromatic carbocycles. The molecule has 2 rings (SSSR count). The summed E-state index contributed by atoms with van der Waals surface area (Å²) in [6.45, 7) is 5.92. The summed E-state index contributed by atoms with van der Waals surface area (Å²) in [5.74, 6) is -5.27. The number of nitrogens with two attached hydrogens (primary N) is 4. The Bertz CT molecular complexity index is 1510. The van der Waals surface area contributed by atoms with Crippen LogP contribution in [0.1, 0.15) is 71.3 Å². The lowest BCUT2D eigenvalue weighted by Crippen LogP contribution is -2.59. The summed E-state index contributed by atoms with van der Waals surface area (Å²) < 4.78 is 0. The van der Waals surface area contributed by atoms with Crippen molar-refractivity contribution in [3.05, 3.63) is 29.8 Å². The number of phenols is 1. The molecule has 7 atom stereocenters. The molecule has 1 aliphatic heterocycles. The summed E-state index contributed by atoms with van der Waals surface area (Å²) in [5, 5.41) is 35.7. The zero-order chi connectivity index (χ0) is 41.1. The zero-order valence-corrected chi connectivity index (χ0v) is 31.7. The van der Waals surface area contributed by atoms with E-state index in [0.717, 1.165) is 6.42 Å². The van der Waals surface area contributed by atoms with E-state index in [0.29, 0.717) is 31.4 Å². The van der Waals surface area contributed by atoms with Gasteiger partial charge in [-0.25, -0.2) is 4.79 Å². The molecule has 1 aliphatic rings. The topological polar surface area (TPSA) is 344 Å². The summed E-state index contributed by atoms with van der Waals surface area (Å²) in [6, 6.07) is -0.556. The van der Waals surface area contributed by atoms with Crippen molar-refractivity contribution < 1.29 is 39.0 Å². The van der Waals surface area contributed by atoms with Gasteiger partial charge in [0.15, 0.2) is 11.9 Å². The Balaban J connectivity index is 2.21. The monoisotopic (exact) mass is 774 g/mol. The highest BCUT2D eigenvalue weighted by Crippen LogP contribution is 2.14. The molecular formula is C35H58N12O8. The van der Waals surface area contributed by atoms with Crippen molar-refractivity contribution >= 4 is 47.4 Å². The molecule has 0 saturated carbocycles. The van der Waals surface area contributed by atoms with Gasteiger partial charge >= 0.3 is 5.97 Å². The molecule has 306 valence electrons. The van der Waals surface area contributed by atoms with Crippen molar-refractivity contribution in [3.8, 4) is 5.75 Å². The summed E-state index contributed by atoms with van der Waals surface area (Å²) in [7, 11) is 0. The summed E-state index contributed by atoms with van der Waals surface area (Å²) in [5.41, 5.74) is 22.2. The van der Waals surface area contributed by atoms with E-state index in [1.165, 1.54) is 31.2 Å². The van der Waals surface area contributed by atoms with Gasteiger partial charge in [-0.05, 0) is 75.6 Å². The SMILES string of the molecule is CC[C@H](C)[C@H](NC(=O)[C@H](CCCN=C(N)N)NC(=O)[C@H](C)NC(=O)[C@H](CCCN=C(N)N)NC(=O)[C@@H]1CCCN1)C(=O)N[C@@H](Cc1ccc(O)cc1)C(=O)O. The average molecular weight is 775 g/mol. The minimum atomic E-state index is -1.35. The molecule has 1 aromatic rings. The van der Waals surface area contributed by atoms with Gasteiger partial charge in [0.05, 0.1) is 6.04 Å². The van der Waals surface area contributed by atoms with Crippen molar-refractivity contribution in [3.63, 3.8) is 0 Å². The van der Waals surface area contributed by atoms with E-state index in [1.807, 2.05) is 0 Å². The fourth-order valence-corrected chi connectivity index (χ4v) is 5.69. The predicted octanol–water partition coefficient (Wildman–Crippen LogP) is -2.63. The molecule has 0 bridgehead atoms. The largest absolute Gasteiger partial charge is 0.508 e. The fraction of sp³-hybridized carbons (Fsp3) is 0.600. The lowest BCUT2D eigenvalue weighted by atomic mass is 9.96. The number of aromatic hydroxyl groups is 1. The maximum Gasteiger partial charge on any atom is 0.326 e. The lowest BCUT2D eigenvalue weighted by Gasteiger charge is -2.28. The van der Waals surface area contributed by atoms with Crippen LogP contribution < -0.4 is 54.8 Å². The Morgan fingerprint density at radius 3 is 1.84 bits per heavy atom. The molecule has 1 saturated heterocycles. The van der Waals surface area contributed by atoms with Crippen molar-refractivity contribution in [2.75, 3.05) is 19.6 Å². The first-order valence-corrected chi connectivity index (χ1v) is 18.4. The van der Waals surface area contributed by atoms with Gasteiger partial charge in [0.2, 0.25) is 29.5 Å².